The van der Waals surface area contributed by atoms with Crippen molar-refractivity contribution in [3.63, 3.8) is 0 Å². The van der Waals surface area contributed by atoms with Crippen molar-refractivity contribution in [1.29, 1.82) is 0 Å². The smallest absolute Gasteiger partial charge is 0.163 e. The molecule has 96 valence electrons. The fourth-order valence-electron chi connectivity index (χ4n) is 2.51. The third kappa shape index (κ3) is 1.85. The highest BCUT2D eigenvalue weighted by atomic mass is 32.2. The maximum absolute atomic E-state index is 12.4. The second kappa shape index (κ2) is 4.74. The molecule has 2 aromatic carbocycles. The number of carbonyl (C=O) groups excluding carboxylic acids is 1. The molecule has 0 spiro atoms. The Morgan fingerprint density at radius 2 is 1.79 bits per heavy atom. The number of rotatable bonds is 3. The van der Waals surface area contributed by atoms with Gasteiger partial charge in [-0.3, -0.25) is 4.79 Å². The third-order valence-corrected chi connectivity index (χ3v) is 4.85. The Labute approximate surface area is 114 Å². The van der Waals surface area contributed by atoms with E-state index in [2.05, 4.69) is 0 Å². The summed E-state index contributed by atoms with van der Waals surface area (Å²) in [6, 6.07) is 13.2. The van der Waals surface area contributed by atoms with Crippen LogP contribution in [0.5, 0.6) is 0 Å². The molecule has 1 heterocycles. The summed E-state index contributed by atoms with van der Waals surface area (Å²) >= 11 is 0. The zero-order chi connectivity index (χ0) is 13.4. The van der Waals surface area contributed by atoms with Crippen molar-refractivity contribution < 1.29 is 9.00 Å². The molecule has 2 aromatic rings. The van der Waals surface area contributed by atoms with E-state index in [4.69, 9.17) is 0 Å². The van der Waals surface area contributed by atoms with E-state index < -0.39 is 10.8 Å². The van der Waals surface area contributed by atoms with E-state index in [1.807, 2.05) is 49.4 Å². The van der Waals surface area contributed by atoms with Gasteiger partial charge in [0.1, 0.15) is 0 Å². The normalized spacial score (nSPS) is 15.9. The van der Waals surface area contributed by atoms with Crippen LogP contribution in [0.15, 0.2) is 52.3 Å². The van der Waals surface area contributed by atoms with Crippen LogP contribution in [0.4, 0.5) is 0 Å². The van der Waals surface area contributed by atoms with Gasteiger partial charge in [0.2, 0.25) is 0 Å². The van der Waals surface area contributed by atoms with Crippen LogP contribution in [0.25, 0.3) is 11.1 Å². The molecule has 0 aliphatic carbocycles. The highest BCUT2D eigenvalue weighted by Gasteiger charge is 2.28. The Morgan fingerprint density at radius 3 is 2.58 bits per heavy atom. The Hall–Kier alpha value is -1.74. The molecular weight excluding hydrogens is 256 g/mol. The molecule has 0 N–H and O–H groups in total. The lowest BCUT2D eigenvalue weighted by atomic mass is 9.95. The standard InChI is InChI=1S/C16H14O2S/c1-2-6-13(17)11-8-5-10-15-16(11)12-7-3-4-9-14(12)19(15)18/h3-5,7-10H,2,6H2,1H3. The first-order valence-corrected chi connectivity index (χ1v) is 7.56. The lowest BCUT2D eigenvalue weighted by Crippen LogP contribution is -2.01. The van der Waals surface area contributed by atoms with Gasteiger partial charge in [0.15, 0.2) is 5.78 Å². The van der Waals surface area contributed by atoms with Gasteiger partial charge >= 0.3 is 0 Å². The summed E-state index contributed by atoms with van der Waals surface area (Å²) in [7, 11) is -1.16. The average Bonchev–Trinajstić information content (AvgIpc) is 2.73. The molecule has 0 fully saturated rings. The van der Waals surface area contributed by atoms with Crippen molar-refractivity contribution in [3.05, 3.63) is 48.0 Å². The fourth-order valence-corrected chi connectivity index (χ4v) is 3.93. The molecule has 3 heteroatoms. The summed E-state index contributed by atoms with van der Waals surface area (Å²) in [5, 5.41) is 0. The Bertz CT molecular complexity index is 689. The summed E-state index contributed by atoms with van der Waals surface area (Å²) < 4.78 is 12.4. The molecule has 0 radical (unpaired) electrons. The van der Waals surface area contributed by atoms with Crippen molar-refractivity contribution in [1.82, 2.24) is 0 Å². The molecule has 0 amide bonds. The molecular formula is C16H14O2S. The Balaban J connectivity index is 2.25. The minimum atomic E-state index is -1.16. The van der Waals surface area contributed by atoms with E-state index in [0.717, 1.165) is 27.3 Å². The first kappa shape index (κ1) is 12.3. The van der Waals surface area contributed by atoms with Gasteiger partial charge in [-0.2, -0.15) is 0 Å². The lowest BCUT2D eigenvalue weighted by molar-refractivity contribution is 0.0982. The number of fused-ring (bicyclic) bond motifs is 3. The van der Waals surface area contributed by atoms with Gasteiger partial charge in [0.05, 0.1) is 20.6 Å². The van der Waals surface area contributed by atoms with Crippen LogP contribution >= 0.6 is 0 Å². The van der Waals surface area contributed by atoms with Gasteiger partial charge in [-0.25, -0.2) is 4.21 Å². The largest absolute Gasteiger partial charge is 0.294 e. The number of hydrogen-bond donors (Lipinski definition) is 0. The van der Waals surface area contributed by atoms with E-state index in [1.54, 1.807) is 0 Å². The fraction of sp³-hybridized carbons (Fsp3) is 0.188. The van der Waals surface area contributed by atoms with E-state index in [1.165, 1.54) is 0 Å². The average molecular weight is 270 g/mol. The summed E-state index contributed by atoms with van der Waals surface area (Å²) in [6.07, 6.45) is 1.36. The number of ketones is 1. The van der Waals surface area contributed by atoms with Gasteiger partial charge in [0, 0.05) is 23.1 Å². The van der Waals surface area contributed by atoms with E-state index in [0.29, 0.717) is 12.0 Å². The van der Waals surface area contributed by atoms with Gasteiger partial charge < -0.3 is 0 Å². The van der Waals surface area contributed by atoms with Crippen molar-refractivity contribution >= 4 is 16.6 Å². The van der Waals surface area contributed by atoms with Crippen LogP contribution < -0.4 is 0 Å². The summed E-state index contributed by atoms with van der Waals surface area (Å²) in [5.41, 5.74) is 2.52. The molecule has 1 aliphatic heterocycles. The number of hydrogen-bond acceptors (Lipinski definition) is 2. The SMILES string of the molecule is CCCC(=O)c1cccc2c1-c1ccccc1S2=O. The topological polar surface area (TPSA) is 34.1 Å². The summed E-state index contributed by atoms with van der Waals surface area (Å²) in [5.74, 6) is 0.132. The Morgan fingerprint density at radius 1 is 1.05 bits per heavy atom. The van der Waals surface area contributed by atoms with Gasteiger partial charge in [-0.1, -0.05) is 37.3 Å². The highest BCUT2D eigenvalue weighted by Crippen LogP contribution is 2.42. The van der Waals surface area contributed by atoms with Crippen LogP contribution in [0.3, 0.4) is 0 Å². The highest BCUT2D eigenvalue weighted by molar-refractivity contribution is 7.85. The van der Waals surface area contributed by atoms with E-state index >= 15 is 0 Å². The minimum Gasteiger partial charge on any atom is -0.294 e. The summed E-state index contributed by atoms with van der Waals surface area (Å²) in [6.45, 7) is 1.99. The predicted octanol–water partition coefficient (Wildman–Crippen LogP) is 3.82. The second-order valence-electron chi connectivity index (χ2n) is 4.62. The van der Waals surface area contributed by atoms with E-state index in [9.17, 15) is 9.00 Å². The zero-order valence-corrected chi connectivity index (χ0v) is 11.5. The van der Waals surface area contributed by atoms with Crippen molar-refractivity contribution in [3.8, 4) is 11.1 Å². The monoisotopic (exact) mass is 270 g/mol. The molecule has 0 bridgehead atoms. The molecule has 0 saturated carbocycles. The second-order valence-corrected chi connectivity index (χ2v) is 6.03. The zero-order valence-electron chi connectivity index (χ0n) is 10.7. The molecule has 0 aromatic heterocycles. The Kier molecular flexibility index (Phi) is 3.07. The molecule has 2 nitrogen and oxygen atoms in total. The number of carbonyl (C=O) groups is 1. The van der Waals surface area contributed by atoms with Crippen molar-refractivity contribution in [2.24, 2.45) is 0 Å². The first-order valence-electron chi connectivity index (χ1n) is 6.41. The first-order chi connectivity index (χ1) is 9.24. The van der Waals surface area contributed by atoms with Crippen LogP contribution in [0, 0.1) is 0 Å². The molecule has 1 aliphatic rings. The summed E-state index contributed by atoms with van der Waals surface area (Å²) in [4.78, 5) is 13.8. The van der Waals surface area contributed by atoms with E-state index in [-0.39, 0.29) is 5.78 Å². The van der Waals surface area contributed by atoms with Crippen LogP contribution in [0.1, 0.15) is 30.1 Å². The third-order valence-electron chi connectivity index (χ3n) is 3.36. The number of Topliss-reactive ketones (excluding diaryl/α,β-unsaturated/α-hetero) is 1. The predicted molar refractivity (Wildman–Crippen MR) is 75.8 cm³/mol. The molecule has 0 saturated heterocycles. The molecule has 1 unspecified atom stereocenters. The van der Waals surface area contributed by atoms with Crippen LogP contribution in [-0.4, -0.2) is 9.99 Å². The van der Waals surface area contributed by atoms with Crippen LogP contribution in [0.2, 0.25) is 0 Å². The minimum absolute atomic E-state index is 0.132. The maximum Gasteiger partial charge on any atom is 0.163 e. The maximum atomic E-state index is 12.4. The lowest BCUT2D eigenvalue weighted by Gasteiger charge is -2.06. The van der Waals surface area contributed by atoms with Gasteiger partial charge in [-0.05, 0) is 18.6 Å². The van der Waals surface area contributed by atoms with Gasteiger partial charge in [-0.15, -0.1) is 0 Å². The molecule has 3 rings (SSSR count). The van der Waals surface area contributed by atoms with Crippen molar-refractivity contribution in [2.45, 2.75) is 29.6 Å². The van der Waals surface area contributed by atoms with Crippen LogP contribution in [-0.2, 0) is 10.8 Å². The van der Waals surface area contributed by atoms with Gasteiger partial charge in [0.25, 0.3) is 0 Å². The quantitative estimate of drug-likeness (QED) is 0.678. The van der Waals surface area contributed by atoms with Crippen molar-refractivity contribution in [2.75, 3.05) is 0 Å². The molecule has 19 heavy (non-hydrogen) atoms. The number of benzene rings is 2. The molecule has 1 atom stereocenters.